The number of rotatable bonds is 1. The molecule has 0 bridgehead atoms. The Bertz CT molecular complexity index is 77.8. The summed E-state index contributed by atoms with van der Waals surface area (Å²) in [6, 6.07) is 0. The van der Waals surface area contributed by atoms with Gasteiger partial charge in [0.2, 0.25) is 0 Å². The predicted octanol–water partition coefficient (Wildman–Crippen LogP) is 1.63. The highest BCUT2D eigenvalue weighted by atomic mass is 32.2. The molecule has 0 aliphatic rings. The molecule has 0 atom stereocenters. The first kappa shape index (κ1) is 7.24. The zero-order chi connectivity index (χ0) is 5.86. The van der Waals surface area contributed by atoms with Crippen LogP contribution in [0.1, 0.15) is 6.92 Å². The van der Waals surface area contributed by atoms with Crippen molar-refractivity contribution in [1.82, 2.24) is 0 Å². The lowest BCUT2D eigenvalue weighted by atomic mass is 10.5. The summed E-state index contributed by atoms with van der Waals surface area (Å²) in [6.45, 7) is 1.73. The zero-order valence-corrected chi connectivity index (χ0v) is 5.79. The lowest BCUT2D eigenvalue weighted by molar-refractivity contribution is 0.411. The Morgan fingerprint density at radius 3 is 2.14 bits per heavy atom. The number of hydrogen-bond acceptors (Lipinski definition) is 3. The molecule has 7 heavy (non-hydrogen) atoms. The molecule has 0 aromatic carbocycles. The Morgan fingerprint density at radius 2 is 2.14 bits per heavy atom. The van der Waals surface area contributed by atoms with E-state index in [1.54, 1.807) is 13.0 Å². The number of aliphatic hydroxyl groups is 1. The van der Waals surface area contributed by atoms with Crippen LogP contribution >= 0.6 is 25.3 Å². The minimum atomic E-state index is -0.329. The fourth-order valence-electron chi connectivity index (χ4n) is 0.149. The van der Waals surface area contributed by atoms with Crippen LogP contribution in [0.5, 0.6) is 0 Å². The summed E-state index contributed by atoms with van der Waals surface area (Å²) in [4.78, 5) is 0. The Balaban J connectivity index is 3.56. The summed E-state index contributed by atoms with van der Waals surface area (Å²) in [5, 5.41) is 8.64. The van der Waals surface area contributed by atoms with Crippen LogP contribution in [0.3, 0.4) is 0 Å². The topological polar surface area (TPSA) is 20.2 Å². The van der Waals surface area contributed by atoms with Crippen molar-refractivity contribution in [3.8, 4) is 0 Å². The summed E-state index contributed by atoms with van der Waals surface area (Å²) in [5.74, 6) is 0.201. The van der Waals surface area contributed by atoms with E-state index in [0.717, 1.165) is 0 Å². The van der Waals surface area contributed by atoms with Crippen LogP contribution < -0.4 is 0 Å². The Labute approximate surface area is 54.2 Å². The molecule has 0 amide bonds. The third-order valence-corrected chi connectivity index (χ3v) is 1.09. The van der Waals surface area contributed by atoms with E-state index in [9.17, 15) is 0 Å². The van der Waals surface area contributed by atoms with Gasteiger partial charge in [-0.3, -0.25) is 0 Å². The minimum Gasteiger partial charge on any atom is -0.511 e. The van der Waals surface area contributed by atoms with E-state index in [4.69, 9.17) is 5.11 Å². The summed E-state index contributed by atoms with van der Waals surface area (Å²) in [7, 11) is 0. The SMILES string of the molecule is CC=C(O)C(S)S. The Hall–Kier alpha value is 0.240. The minimum absolute atomic E-state index is 0.201. The Morgan fingerprint density at radius 1 is 1.71 bits per heavy atom. The standard InChI is InChI=1S/C4H8OS2/c1-2-3(5)4(6)7/h2,4-7H,1H3. The van der Waals surface area contributed by atoms with Crippen molar-refractivity contribution in [2.75, 3.05) is 0 Å². The van der Waals surface area contributed by atoms with E-state index >= 15 is 0 Å². The largest absolute Gasteiger partial charge is 0.511 e. The van der Waals surface area contributed by atoms with Crippen molar-refractivity contribution in [2.24, 2.45) is 0 Å². The van der Waals surface area contributed by atoms with E-state index in [2.05, 4.69) is 25.3 Å². The maximum absolute atomic E-state index is 8.64. The molecule has 0 saturated heterocycles. The molecule has 0 unspecified atom stereocenters. The summed E-state index contributed by atoms with van der Waals surface area (Å²) in [5.41, 5.74) is 0. The quantitative estimate of drug-likeness (QED) is 0.284. The molecule has 3 heteroatoms. The molecule has 0 fully saturated rings. The van der Waals surface area contributed by atoms with Crippen LogP contribution in [-0.2, 0) is 0 Å². The second-order valence-electron chi connectivity index (χ2n) is 1.09. The maximum Gasteiger partial charge on any atom is 0.110 e. The van der Waals surface area contributed by atoms with Gasteiger partial charge in [-0.15, -0.1) is 0 Å². The Kier molecular flexibility index (Phi) is 3.38. The number of thiol groups is 2. The molecular formula is C4H8OS2. The summed E-state index contributed by atoms with van der Waals surface area (Å²) >= 11 is 7.64. The highest BCUT2D eigenvalue weighted by molar-refractivity contribution is 7.99. The van der Waals surface area contributed by atoms with Gasteiger partial charge in [-0.1, -0.05) is 0 Å². The van der Waals surface area contributed by atoms with Crippen LogP contribution in [0.25, 0.3) is 0 Å². The van der Waals surface area contributed by atoms with Crippen LogP contribution in [0, 0.1) is 0 Å². The molecule has 0 saturated carbocycles. The molecule has 0 aromatic rings. The van der Waals surface area contributed by atoms with E-state index < -0.39 is 0 Å². The van der Waals surface area contributed by atoms with Gasteiger partial charge in [0.05, 0.1) is 0 Å². The number of hydrogen-bond donors (Lipinski definition) is 3. The van der Waals surface area contributed by atoms with Crippen molar-refractivity contribution in [1.29, 1.82) is 0 Å². The number of allylic oxidation sites excluding steroid dienone is 1. The van der Waals surface area contributed by atoms with E-state index in [1.165, 1.54) is 0 Å². The zero-order valence-electron chi connectivity index (χ0n) is 4.00. The molecule has 42 valence electrons. The van der Waals surface area contributed by atoms with Gasteiger partial charge >= 0.3 is 0 Å². The van der Waals surface area contributed by atoms with Crippen LogP contribution in [0.2, 0.25) is 0 Å². The average molecular weight is 136 g/mol. The molecular weight excluding hydrogens is 128 g/mol. The first-order chi connectivity index (χ1) is 3.18. The third-order valence-electron chi connectivity index (χ3n) is 0.560. The van der Waals surface area contributed by atoms with Gasteiger partial charge in [-0.05, 0) is 13.0 Å². The fraction of sp³-hybridized carbons (Fsp3) is 0.500. The van der Waals surface area contributed by atoms with E-state index in [-0.39, 0.29) is 10.3 Å². The maximum atomic E-state index is 8.64. The number of aliphatic hydroxyl groups excluding tert-OH is 1. The van der Waals surface area contributed by atoms with Gasteiger partial charge < -0.3 is 5.11 Å². The average Bonchev–Trinajstić information content (AvgIpc) is 1.65. The van der Waals surface area contributed by atoms with Gasteiger partial charge in [0.1, 0.15) is 10.3 Å². The van der Waals surface area contributed by atoms with E-state index in [1.807, 2.05) is 0 Å². The van der Waals surface area contributed by atoms with Gasteiger partial charge in [0, 0.05) is 0 Å². The smallest absolute Gasteiger partial charge is 0.110 e. The monoisotopic (exact) mass is 136 g/mol. The van der Waals surface area contributed by atoms with Crippen LogP contribution in [0.15, 0.2) is 11.8 Å². The van der Waals surface area contributed by atoms with Crippen molar-refractivity contribution >= 4 is 25.3 Å². The summed E-state index contributed by atoms with van der Waals surface area (Å²) < 4.78 is -0.329. The van der Waals surface area contributed by atoms with Crippen molar-refractivity contribution in [2.45, 2.75) is 11.5 Å². The lowest BCUT2D eigenvalue weighted by Crippen LogP contribution is -1.89. The highest BCUT2D eigenvalue weighted by Gasteiger charge is 1.96. The summed E-state index contributed by atoms with van der Waals surface area (Å²) in [6.07, 6.45) is 1.56. The normalized spacial score (nSPS) is 12.9. The third kappa shape index (κ3) is 2.88. The predicted molar refractivity (Wildman–Crippen MR) is 38.1 cm³/mol. The van der Waals surface area contributed by atoms with Crippen LogP contribution in [0.4, 0.5) is 0 Å². The molecule has 0 aliphatic heterocycles. The fourth-order valence-corrected chi connectivity index (χ4v) is 0.447. The van der Waals surface area contributed by atoms with Crippen LogP contribution in [-0.4, -0.2) is 9.69 Å². The molecule has 1 N–H and O–H groups in total. The highest BCUT2D eigenvalue weighted by Crippen LogP contribution is 2.08. The molecule has 0 radical (unpaired) electrons. The first-order valence-corrected chi connectivity index (χ1v) is 2.93. The van der Waals surface area contributed by atoms with E-state index in [0.29, 0.717) is 0 Å². The van der Waals surface area contributed by atoms with Gasteiger partial charge in [-0.25, -0.2) is 0 Å². The lowest BCUT2D eigenvalue weighted by Gasteiger charge is -1.97. The van der Waals surface area contributed by atoms with Crippen molar-refractivity contribution in [3.05, 3.63) is 11.8 Å². The molecule has 0 rings (SSSR count). The van der Waals surface area contributed by atoms with Crippen molar-refractivity contribution in [3.63, 3.8) is 0 Å². The molecule has 0 aliphatic carbocycles. The first-order valence-electron chi connectivity index (χ1n) is 1.89. The molecule has 1 nitrogen and oxygen atoms in total. The second kappa shape index (κ2) is 3.27. The van der Waals surface area contributed by atoms with Crippen molar-refractivity contribution < 1.29 is 5.11 Å². The molecule has 0 aromatic heterocycles. The van der Waals surface area contributed by atoms with Gasteiger partial charge in [-0.2, -0.15) is 25.3 Å². The second-order valence-corrected chi connectivity index (χ2v) is 2.53. The molecule has 0 spiro atoms. The molecule has 0 heterocycles. The van der Waals surface area contributed by atoms with Gasteiger partial charge in [0.15, 0.2) is 0 Å². The van der Waals surface area contributed by atoms with Gasteiger partial charge in [0.25, 0.3) is 0 Å².